The molecule has 0 atom stereocenters. The lowest BCUT2D eigenvalue weighted by Gasteiger charge is -2.07. The molecule has 0 fully saturated rings. The van der Waals surface area contributed by atoms with Gasteiger partial charge in [-0.3, -0.25) is 4.68 Å². The predicted octanol–water partition coefficient (Wildman–Crippen LogP) is 2.18. The Kier molecular flexibility index (Phi) is 3.27. The first-order valence-electron chi connectivity index (χ1n) is 5.23. The van der Waals surface area contributed by atoms with Gasteiger partial charge in [-0.2, -0.15) is 5.10 Å². The van der Waals surface area contributed by atoms with Crippen molar-refractivity contribution in [2.75, 3.05) is 12.4 Å². The maximum atomic E-state index is 13.2. The zero-order valence-electron chi connectivity index (χ0n) is 9.77. The topological polar surface area (TPSA) is 39.1 Å². The van der Waals surface area contributed by atoms with E-state index in [4.69, 9.17) is 4.74 Å². The van der Waals surface area contributed by atoms with Crippen LogP contribution in [0, 0.1) is 5.82 Å². The number of nitrogens with zero attached hydrogens (tertiary/aromatic N) is 2. The minimum absolute atomic E-state index is 0.321. The van der Waals surface area contributed by atoms with Gasteiger partial charge in [0.2, 0.25) is 0 Å². The summed E-state index contributed by atoms with van der Waals surface area (Å²) in [5.41, 5.74) is 1.72. The summed E-state index contributed by atoms with van der Waals surface area (Å²) in [5, 5.41) is 7.17. The van der Waals surface area contributed by atoms with E-state index in [0.717, 1.165) is 5.56 Å². The van der Waals surface area contributed by atoms with Gasteiger partial charge in [0.15, 0.2) is 0 Å². The molecule has 0 amide bonds. The Morgan fingerprint density at radius 3 is 2.88 bits per heavy atom. The second-order valence-corrected chi connectivity index (χ2v) is 3.76. The van der Waals surface area contributed by atoms with E-state index in [0.29, 0.717) is 18.0 Å². The van der Waals surface area contributed by atoms with Crippen molar-refractivity contribution in [3.05, 3.63) is 42.0 Å². The fraction of sp³-hybridized carbons (Fsp3) is 0.250. The van der Waals surface area contributed by atoms with Crippen LogP contribution in [-0.2, 0) is 13.6 Å². The Hall–Kier alpha value is -2.04. The van der Waals surface area contributed by atoms with Crippen molar-refractivity contribution >= 4 is 5.69 Å². The van der Waals surface area contributed by atoms with Gasteiger partial charge in [-0.25, -0.2) is 4.39 Å². The lowest BCUT2D eigenvalue weighted by atomic mass is 10.2. The summed E-state index contributed by atoms with van der Waals surface area (Å²) in [6.45, 7) is 0.598. The first-order chi connectivity index (χ1) is 8.17. The molecule has 0 aliphatic carbocycles. The number of halogens is 1. The van der Waals surface area contributed by atoms with E-state index in [-0.39, 0.29) is 5.82 Å². The van der Waals surface area contributed by atoms with Gasteiger partial charge in [-0.15, -0.1) is 0 Å². The van der Waals surface area contributed by atoms with Gasteiger partial charge in [0.25, 0.3) is 0 Å². The highest BCUT2D eigenvalue weighted by Crippen LogP contribution is 2.20. The number of rotatable bonds is 4. The Bertz CT molecular complexity index is 510. The Labute approximate surface area is 99.0 Å². The van der Waals surface area contributed by atoms with E-state index in [1.165, 1.54) is 19.2 Å². The standard InChI is InChI=1S/C12H14FN3O/c1-16-8-9(7-15-16)6-14-11-3-10(13)4-12(5-11)17-2/h3-5,7-8,14H,6H2,1-2H3. The zero-order valence-corrected chi connectivity index (χ0v) is 9.77. The van der Waals surface area contributed by atoms with Crippen molar-refractivity contribution in [3.8, 4) is 5.75 Å². The second-order valence-electron chi connectivity index (χ2n) is 3.76. The van der Waals surface area contributed by atoms with E-state index in [1.54, 1.807) is 16.9 Å². The molecule has 0 aliphatic heterocycles. The summed E-state index contributed by atoms with van der Waals surface area (Å²) in [4.78, 5) is 0. The van der Waals surface area contributed by atoms with Crippen molar-refractivity contribution in [3.63, 3.8) is 0 Å². The van der Waals surface area contributed by atoms with Crippen LogP contribution < -0.4 is 10.1 Å². The lowest BCUT2D eigenvalue weighted by Crippen LogP contribution is -1.99. The molecule has 0 aliphatic rings. The zero-order chi connectivity index (χ0) is 12.3. The van der Waals surface area contributed by atoms with Crippen LogP contribution in [0.4, 0.5) is 10.1 Å². The van der Waals surface area contributed by atoms with Crippen LogP contribution in [0.25, 0.3) is 0 Å². The lowest BCUT2D eigenvalue weighted by molar-refractivity contribution is 0.411. The molecule has 2 rings (SSSR count). The quantitative estimate of drug-likeness (QED) is 0.882. The van der Waals surface area contributed by atoms with E-state index < -0.39 is 0 Å². The summed E-state index contributed by atoms with van der Waals surface area (Å²) in [6.07, 6.45) is 3.67. The van der Waals surface area contributed by atoms with Crippen LogP contribution in [0.15, 0.2) is 30.6 Å². The number of nitrogens with one attached hydrogen (secondary N) is 1. The SMILES string of the molecule is COc1cc(F)cc(NCc2cnn(C)c2)c1. The third kappa shape index (κ3) is 2.96. The maximum absolute atomic E-state index is 13.2. The number of hydrogen-bond acceptors (Lipinski definition) is 3. The number of anilines is 1. The van der Waals surface area contributed by atoms with Crippen molar-refractivity contribution in [1.29, 1.82) is 0 Å². The molecule has 1 heterocycles. The van der Waals surface area contributed by atoms with E-state index >= 15 is 0 Å². The Morgan fingerprint density at radius 2 is 2.24 bits per heavy atom. The van der Waals surface area contributed by atoms with Gasteiger partial charge in [0.1, 0.15) is 11.6 Å². The molecule has 0 saturated heterocycles. The number of hydrogen-bond donors (Lipinski definition) is 1. The van der Waals surface area contributed by atoms with E-state index in [2.05, 4.69) is 10.4 Å². The molecule has 1 aromatic carbocycles. The van der Waals surface area contributed by atoms with Crippen LogP contribution in [0.2, 0.25) is 0 Å². The third-order valence-corrected chi connectivity index (χ3v) is 2.36. The van der Waals surface area contributed by atoms with Crippen molar-refractivity contribution < 1.29 is 9.13 Å². The Balaban J connectivity index is 2.05. The molecule has 0 bridgehead atoms. The molecule has 4 nitrogen and oxygen atoms in total. The molecule has 1 N–H and O–H groups in total. The molecular formula is C12H14FN3O. The normalized spacial score (nSPS) is 10.3. The molecule has 5 heteroatoms. The van der Waals surface area contributed by atoms with Gasteiger partial charge >= 0.3 is 0 Å². The largest absolute Gasteiger partial charge is 0.497 e. The van der Waals surface area contributed by atoms with Crippen LogP contribution in [0.1, 0.15) is 5.56 Å². The molecular weight excluding hydrogens is 221 g/mol. The third-order valence-electron chi connectivity index (χ3n) is 2.36. The van der Waals surface area contributed by atoms with E-state index in [1.807, 2.05) is 13.2 Å². The summed E-state index contributed by atoms with van der Waals surface area (Å²) >= 11 is 0. The van der Waals surface area contributed by atoms with Gasteiger partial charge < -0.3 is 10.1 Å². The van der Waals surface area contributed by atoms with Crippen LogP contribution >= 0.6 is 0 Å². The average molecular weight is 235 g/mol. The second kappa shape index (κ2) is 4.86. The van der Waals surface area contributed by atoms with Crippen LogP contribution in [0.3, 0.4) is 0 Å². The first-order valence-corrected chi connectivity index (χ1v) is 5.23. The minimum Gasteiger partial charge on any atom is -0.497 e. The van der Waals surface area contributed by atoms with Gasteiger partial charge in [0, 0.05) is 43.2 Å². The van der Waals surface area contributed by atoms with E-state index in [9.17, 15) is 4.39 Å². The molecule has 0 saturated carbocycles. The van der Waals surface area contributed by atoms with Gasteiger partial charge in [0.05, 0.1) is 13.3 Å². The number of aryl methyl sites for hydroxylation is 1. The summed E-state index contributed by atoms with van der Waals surface area (Å²) in [5.74, 6) is 0.178. The highest BCUT2D eigenvalue weighted by molar-refractivity contribution is 5.49. The summed E-state index contributed by atoms with van der Waals surface area (Å²) in [7, 11) is 3.37. The fourth-order valence-corrected chi connectivity index (χ4v) is 1.55. The first kappa shape index (κ1) is 11.4. The molecule has 2 aromatic rings. The monoisotopic (exact) mass is 235 g/mol. The highest BCUT2D eigenvalue weighted by atomic mass is 19.1. The molecule has 90 valence electrons. The minimum atomic E-state index is -0.321. The number of ether oxygens (including phenoxy) is 1. The van der Waals surface area contributed by atoms with Crippen molar-refractivity contribution in [2.24, 2.45) is 7.05 Å². The molecule has 0 spiro atoms. The molecule has 1 aromatic heterocycles. The number of methoxy groups -OCH3 is 1. The van der Waals surface area contributed by atoms with Gasteiger partial charge in [-0.1, -0.05) is 0 Å². The van der Waals surface area contributed by atoms with Crippen LogP contribution in [0.5, 0.6) is 5.75 Å². The van der Waals surface area contributed by atoms with Crippen molar-refractivity contribution in [2.45, 2.75) is 6.54 Å². The fourth-order valence-electron chi connectivity index (χ4n) is 1.55. The number of benzene rings is 1. The van der Waals surface area contributed by atoms with Crippen LogP contribution in [-0.4, -0.2) is 16.9 Å². The highest BCUT2D eigenvalue weighted by Gasteiger charge is 2.01. The number of aromatic nitrogens is 2. The van der Waals surface area contributed by atoms with Gasteiger partial charge in [-0.05, 0) is 6.07 Å². The smallest absolute Gasteiger partial charge is 0.128 e. The molecule has 0 radical (unpaired) electrons. The average Bonchev–Trinajstić information content (AvgIpc) is 2.72. The van der Waals surface area contributed by atoms with Crippen molar-refractivity contribution in [1.82, 2.24) is 9.78 Å². The Morgan fingerprint density at radius 1 is 1.41 bits per heavy atom. The summed E-state index contributed by atoms with van der Waals surface area (Å²) in [6, 6.07) is 4.52. The molecule has 0 unspecified atom stereocenters. The summed E-state index contributed by atoms with van der Waals surface area (Å²) < 4.78 is 19.9. The maximum Gasteiger partial charge on any atom is 0.128 e. The predicted molar refractivity (Wildman–Crippen MR) is 63.5 cm³/mol. The molecule has 17 heavy (non-hydrogen) atoms.